The van der Waals surface area contributed by atoms with Crippen LogP contribution in [0.15, 0.2) is 54.1 Å². The number of nitrogens with zero attached hydrogens (tertiary/aromatic N) is 1. The van der Waals surface area contributed by atoms with Crippen LogP contribution >= 0.6 is 11.6 Å². The van der Waals surface area contributed by atoms with Gasteiger partial charge in [0.15, 0.2) is 0 Å². The molecule has 5 heteroatoms. The summed E-state index contributed by atoms with van der Waals surface area (Å²) in [6.45, 7) is 8.65. The first-order valence-corrected chi connectivity index (χ1v) is 10.2. The number of benzene rings is 2. The van der Waals surface area contributed by atoms with Crippen LogP contribution in [0, 0.1) is 5.92 Å². The Balaban J connectivity index is 2.15. The van der Waals surface area contributed by atoms with Crippen LogP contribution in [-0.4, -0.2) is 28.2 Å². The van der Waals surface area contributed by atoms with Crippen molar-refractivity contribution in [3.8, 4) is 0 Å². The molecule has 1 heterocycles. The predicted octanol–water partition coefficient (Wildman–Crippen LogP) is 5.54. The number of ketones is 1. The third-order valence-corrected chi connectivity index (χ3v) is 5.39. The molecule has 152 valence electrons. The molecule has 1 aliphatic rings. The van der Waals surface area contributed by atoms with Crippen molar-refractivity contribution in [1.82, 2.24) is 4.90 Å². The summed E-state index contributed by atoms with van der Waals surface area (Å²) in [6.07, 6.45) is 0. The van der Waals surface area contributed by atoms with E-state index >= 15 is 0 Å². The van der Waals surface area contributed by atoms with Crippen LogP contribution in [0.2, 0.25) is 5.02 Å². The second kappa shape index (κ2) is 8.42. The largest absolute Gasteiger partial charge is 0.507 e. The molecule has 0 aromatic heterocycles. The summed E-state index contributed by atoms with van der Waals surface area (Å²) >= 11 is 5.95. The lowest BCUT2D eigenvalue weighted by Gasteiger charge is -2.27. The summed E-state index contributed by atoms with van der Waals surface area (Å²) in [6, 6.07) is 13.9. The Kier molecular flexibility index (Phi) is 6.13. The molecular formula is C24H26ClNO3. The summed E-state index contributed by atoms with van der Waals surface area (Å²) in [7, 11) is 0. The molecule has 3 rings (SSSR count). The molecule has 0 saturated carbocycles. The van der Waals surface area contributed by atoms with E-state index in [1.807, 2.05) is 38.1 Å². The normalized spacial score (nSPS) is 18.9. The maximum absolute atomic E-state index is 12.9. The van der Waals surface area contributed by atoms with Gasteiger partial charge in [0.2, 0.25) is 0 Å². The van der Waals surface area contributed by atoms with Crippen LogP contribution in [0.5, 0.6) is 0 Å². The molecule has 0 unspecified atom stereocenters. The zero-order valence-corrected chi connectivity index (χ0v) is 17.9. The standard InChI is InChI=1S/C24H26ClNO3/c1-14(2)13-26-21(17-7-5-16(6-8-17)15(3)4)20(23(28)24(26)29)22(27)18-9-11-19(25)12-10-18/h5-12,14-15,21,27H,13H2,1-4H3/t21-/m1/s1. The lowest BCUT2D eigenvalue weighted by atomic mass is 9.93. The lowest BCUT2D eigenvalue weighted by Crippen LogP contribution is -2.33. The van der Waals surface area contributed by atoms with Gasteiger partial charge < -0.3 is 10.0 Å². The summed E-state index contributed by atoms with van der Waals surface area (Å²) in [4.78, 5) is 27.3. The molecule has 0 aliphatic carbocycles. The Labute approximate surface area is 176 Å². The Morgan fingerprint density at radius 3 is 2.10 bits per heavy atom. The molecule has 0 bridgehead atoms. The summed E-state index contributed by atoms with van der Waals surface area (Å²) in [5, 5.41) is 11.5. The van der Waals surface area contributed by atoms with Crippen molar-refractivity contribution in [2.75, 3.05) is 6.54 Å². The van der Waals surface area contributed by atoms with E-state index in [1.54, 1.807) is 29.2 Å². The number of hydrogen-bond donors (Lipinski definition) is 1. The van der Waals surface area contributed by atoms with Crippen LogP contribution in [0.4, 0.5) is 0 Å². The quantitative estimate of drug-likeness (QED) is 0.399. The van der Waals surface area contributed by atoms with Crippen molar-refractivity contribution >= 4 is 29.1 Å². The molecule has 1 saturated heterocycles. The molecule has 0 spiro atoms. The van der Waals surface area contributed by atoms with E-state index in [9.17, 15) is 14.7 Å². The van der Waals surface area contributed by atoms with Gasteiger partial charge in [-0.25, -0.2) is 0 Å². The van der Waals surface area contributed by atoms with Crippen LogP contribution in [-0.2, 0) is 9.59 Å². The van der Waals surface area contributed by atoms with Gasteiger partial charge in [-0.3, -0.25) is 9.59 Å². The number of aliphatic hydroxyl groups is 1. The van der Waals surface area contributed by atoms with Gasteiger partial charge in [0.05, 0.1) is 11.6 Å². The molecule has 1 amide bonds. The minimum absolute atomic E-state index is 0.121. The fraction of sp³-hybridized carbons (Fsp3) is 0.333. The molecule has 0 radical (unpaired) electrons. The lowest BCUT2D eigenvalue weighted by molar-refractivity contribution is -0.140. The minimum Gasteiger partial charge on any atom is -0.507 e. The van der Waals surface area contributed by atoms with E-state index in [-0.39, 0.29) is 17.3 Å². The van der Waals surface area contributed by atoms with Crippen LogP contribution in [0.1, 0.15) is 56.3 Å². The number of likely N-dealkylation sites (tertiary alicyclic amines) is 1. The summed E-state index contributed by atoms with van der Waals surface area (Å²) < 4.78 is 0. The predicted molar refractivity (Wildman–Crippen MR) is 116 cm³/mol. The zero-order valence-electron chi connectivity index (χ0n) is 17.1. The molecule has 1 atom stereocenters. The third kappa shape index (κ3) is 4.23. The number of hydrogen-bond acceptors (Lipinski definition) is 3. The first-order valence-electron chi connectivity index (χ1n) is 9.85. The van der Waals surface area contributed by atoms with E-state index in [0.29, 0.717) is 23.0 Å². The van der Waals surface area contributed by atoms with Gasteiger partial charge in [0.1, 0.15) is 5.76 Å². The Bertz CT molecular complexity index is 943. The van der Waals surface area contributed by atoms with Gasteiger partial charge in [-0.2, -0.15) is 0 Å². The topological polar surface area (TPSA) is 57.6 Å². The molecule has 2 aromatic rings. The second-order valence-corrected chi connectivity index (χ2v) is 8.61. The Morgan fingerprint density at radius 2 is 1.59 bits per heavy atom. The number of carbonyl (C=O) groups excluding carboxylic acids is 2. The molecule has 1 fully saturated rings. The van der Waals surface area contributed by atoms with Crippen LogP contribution in [0.25, 0.3) is 5.76 Å². The second-order valence-electron chi connectivity index (χ2n) is 8.17. The van der Waals surface area contributed by atoms with Gasteiger partial charge in [0, 0.05) is 17.1 Å². The van der Waals surface area contributed by atoms with Gasteiger partial charge >= 0.3 is 0 Å². The zero-order chi connectivity index (χ0) is 21.3. The first kappa shape index (κ1) is 21.1. The average molecular weight is 412 g/mol. The molecule has 29 heavy (non-hydrogen) atoms. The van der Waals surface area contributed by atoms with Gasteiger partial charge in [-0.1, -0.05) is 63.6 Å². The van der Waals surface area contributed by atoms with Gasteiger partial charge in [-0.15, -0.1) is 0 Å². The number of halogens is 1. The van der Waals surface area contributed by atoms with E-state index in [0.717, 1.165) is 5.56 Å². The molecular weight excluding hydrogens is 386 g/mol. The van der Waals surface area contributed by atoms with Crippen molar-refractivity contribution < 1.29 is 14.7 Å². The van der Waals surface area contributed by atoms with Crippen molar-refractivity contribution in [1.29, 1.82) is 0 Å². The van der Waals surface area contributed by atoms with Crippen LogP contribution in [0.3, 0.4) is 0 Å². The Morgan fingerprint density at radius 1 is 1.00 bits per heavy atom. The third-order valence-electron chi connectivity index (χ3n) is 5.14. The fourth-order valence-corrected chi connectivity index (χ4v) is 3.76. The van der Waals surface area contributed by atoms with Crippen molar-refractivity contribution in [2.45, 2.75) is 39.7 Å². The number of Topliss-reactive ketones (excluding diaryl/α,β-unsaturated/α-hetero) is 1. The summed E-state index contributed by atoms with van der Waals surface area (Å²) in [5.41, 5.74) is 2.56. The minimum atomic E-state index is -0.656. The highest BCUT2D eigenvalue weighted by atomic mass is 35.5. The highest BCUT2D eigenvalue weighted by Gasteiger charge is 2.46. The van der Waals surface area contributed by atoms with E-state index < -0.39 is 17.7 Å². The SMILES string of the molecule is CC(C)CN1C(=O)C(=O)C(=C(O)c2ccc(Cl)cc2)[C@H]1c1ccc(C(C)C)cc1. The number of rotatable bonds is 5. The number of carbonyl (C=O) groups is 2. The highest BCUT2D eigenvalue weighted by Crippen LogP contribution is 2.40. The smallest absolute Gasteiger partial charge is 0.295 e. The average Bonchev–Trinajstić information content (AvgIpc) is 2.92. The van der Waals surface area contributed by atoms with Crippen LogP contribution < -0.4 is 0 Å². The first-order chi connectivity index (χ1) is 13.7. The monoisotopic (exact) mass is 411 g/mol. The van der Waals surface area contributed by atoms with Gasteiger partial charge in [0.25, 0.3) is 11.7 Å². The fourth-order valence-electron chi connectivity index (χ4n) is 3.63. The van der Waals surface area contributed by atoms with Gasteiger partial charge in [-0.05, 0) is 47.2 Å². The molecule has 2 aromatic carbocycles. The van der Waals surface area contributed by atoms with Crippen molar-refractivity contribution in [3.63, 3.8) is 0 Å². The van der Waals surface area contributed by atoms with Crippen molar-refractivity contribution in [2.24, 2.45) is 5.92 Å². The highest BCUT2D eigenvalue weighted by molar-refractivity contribution is 6.46. The Hall–Kier alpha value is -2.59. The maximum Gasteiger partial charge on any atom is 0.295 e. The molecule has 1 N–H and O–H groups in total. The summed E-state index contributed by atoms with van der Waals surface area (Å²) in [5.74, 6) is -0.853. The number of amides is 1. The maximum atomic E-state index is 12.9. The van der Waals surface area contributed by atoms with E-state index in [4.69, 9.17) is 11.6 Å². The molecule has 4 nitrogen and oxygen atoms in total. The van der Waals surface area contributed by atoms with E-state index in [1.165, 1.54) is 5.56 Å². The van der Waals surface area contributed by atoms with E-state index in [2.05, 4.69) is 13.8 Å². The molecule has 1 aliphatic heterocycles. The number of aliphatic hydroxyl groups excluding tert-OH is 1. The van der Waals surface area contributed by atoms with Crippen molar-refractivity contribution in [3.05, 3.63) is 75.8 Å².